The minimum atomic E-state index is -0.817. The van der Waals surface area contributed by atoms with Gasteiger partial charge in [0.05, 0.1) is 0 Å². The van der Waals surface area contributed by atoms with Crippen LogP contribution in [0.2, 0.25) is 0 Å². The van der Waals surface area contributed by atoms with Gasteiger partial charge in [0.15, 0.2) is 0 Å². The molecule has 1 aliphatic rings. The first-order chi connectivity index (χ1) is 14.0. The van der Waals surface area contributed by atoms with E-state index >= 15 is 0 Å². The van der Waals surface area contributed by atoms with E-state index < -0.39 is 17.4 Å². The molecule has 29 heavy (non-hydrogen) atoms. The first kappa shape index (κ1) is 23.1. The van der Waals surface area contributed by atoms with Gasteiger partial charge >= 0.3 is 0 Å². The second-order valence-corrected chi connectivity index (χ2v) is 7.90. The molecular weight excluding hydrogens is 389 g/mol. The Morgan fingerprint density at radius 1 is 1.21 bits per heavy atom. The zero-order valence-corrected chi connectivity index (χ0v) is 17.7. The molecule has 0 aliphatic carbocycles. The number of amides is 1. The molecule has 1 unspecified atom stereocenters. The molecule has 0 saturated heterocycles. The van der Waals surface area contributed by atoms with Crippen molar-refractivity contribution < 1.29 is 14.3 Å². The summed E-state index contributed by atoms with van der Waals surface area (Å²) in [5, 5.41) is 15.8. The van der Waals surface area contributed by atoms with E-state index in [1.165, 1.54) is 35.3 Å². The standard InChI is InChI=1S/C19H20FN3O2S.C3H8/c20-16-9-4-6-14(12-16)18-22-23(17(25)13-24)19(26-18,10-5-11-21)15-7-2-1-3-8-15;1-3-2/h1-4,6-9,12,24H,5,10-11,13,21H2;3H2,1-2H3. The van der Waals surface area contributed by atoms with Crippen molar-refractivity contribution in [2.75, 3.05) is 13.2 Å². The number of carbonyl (C=O) groups is 1. The van der Waals surface area contributed by atoms with Crippen molar-refractivity contribution in [2.45, 2.75) is 38.0 Å². The molecule has 2 aromatic carbocycles. The molecule has 0 spiro atoms. The molecule has 2 aromatic rings. The molecule has 5 nitrogen and oxygen atoms in total. The van der Waals surface area contributed by atoms with Crippen molar-refractivity contribution in [3.05, 3.63) is 71.5 Å². The summed E-state index contributed by atoms with van der Waals surface area (Å²) in [5.74, 6) is -0.880. The number of hydrazone groups is 1. The summed E-state index contributed by atoms with van der Waals surface area (Å²) in [6.07, 6.45) is 2.48. The third-order valence-corrected chi connectivity index (χ3v) is 5.65. The SMILES string of the molecule is CCC.NCCCC1(c2ccccc2)SC(c2cccc(F)c2)=NN1C(=O)CO. The van der Waals surface area contributed by atoms with Gasteiger partial charge in [-0.3, -0.25) is 4.79 Å². The number of nitrogens with zero attached hydrogens (tertiary/aromatic N) is 2. The van der Waals surface area contributed by atoms with Gasteiger partial charge < -0.3 is 10.8 Å². The third-order valence-electron chi connectivity index (χ3n) is 4.19. The highest BCUT2D eigenvalue weighted by Crippen LogP contribution is 2.50. The number of halogens is 1. The Balaban J connectivity index is 0.000000941. The van der Waals surface area contributed by atoms with E-state index in [9.17, 15) is 14.3 Å². The highest BCUT2D eigenvalue weighted by Gasteiger charge is 2.47. The number of aliphatic hydroxyl groups excluding tert-OH is 1. The van der Waals surface area contributed by atoms with Crippen LogP contribution in [0, 0.1) is 5.82 Å². The highest BCUT2D eigenvalue weighted by atomic mass is 32.2. The summed E-state index contributed by atoms with van der Waals surface area (Å²) in [7, 11) is 0. The number of benzene rings is 2. The number of nitrogens with two attached hydrogens (primary N) is 1. The van der Waals surface area contributed by atoms with Crippen molar-refractivity contribution in [3.63, 3.8) is 0 Å². The predicted octanol–water partition coefficient (Wildman–Crippen LogP) is 4.06. The lowest BCUT2D eigenvalue weighted by Gasteiger charge is -2.35. The van der Waals surface area contributed by atoms with E-state index in [2.05, 4.69) is 18.9 Å². The van der Waals surface area contributed by atoms with E-state index in [1.807, 2.05) is 30.3 Å². The molecule has 3 rings (SSSR count). The van der Waals surface area contributed by atoms with Crippen LogP contribution in [0.15, 0.2) is 59.7 Å². The molecule has 0 fully saturated rings. The Morgan fingerprint density at radius 3 is 2.48 bits per heavy atom. The molecular formula is C22H28FN3O2S. The van der Waals surface area contributed by atoms with Crippen LogP contribution in [-0.4, -0.2) is 34.2 Å². The lowest BCUT2D eigenvalue weighted by molar-refractivity contribution is -0.137. The van der Waals surface area contributed by atoms with Crippen LogP contribution in [0.5, 0.6) is 0 Å². The number of thioether (sulfide) groups is 1. The Labute approximate surface area is 175 Å². The monoisotopic (exact) mass is 417 g/mol. The zero-order chi connectivity index (χ0) is 21.3. The number of rotatable bonds is 6. The molecule has 156 valence electrons. The molecule has 7 heteroatoms. The molecule has 0 bridgehead atoms. The Kier molecular flexibility index (Phi) is 8.82. The summed E-state index contributed by atoms with van der Waals surface area (Å²) in [6.45, 7) is 4.06. The maximum atomic E-state index is 13.7. The molecule has 1 amide bonds. The Bertz CT molecular complexity index is 832. The van der Waals surface area contributed by atoms with Gasteiger partial charge in [-0.2, -0.15) is 5.10 Å². The van der Waals surface area contributed by atoms with Gasteiger partial charge in [0, 0.05) is 5.56 Å². The normalized spacial score (nSPS) is 18.1. The fraction of sp³-hybridized carbons (Fsp3) is 0.364. The largest absolute Gasteiger partial charge is 0.386 e. The second-order valence-electron chi connectivity index (χ2n) is 6.63. The summed E-state index contributed by atoms with van der Waals surface area (Å²) >= 11 is 1.39. The minimum Gasteiger partial charge on any atom is -0.386 e. The van der Waals surface area contributed by atoms with Gasteiger partial charge in [-0.25, -0.2) is 9.40 Å². The van der Waals surface area contributed by atoms with Crippen LogP contribution in [0.25, 0.3) is 0 Å². The highest BCUT2D eigenvalue weighted by molar-refractivity contribution is 8.15. The van der Waals surface area contributed by atoms with E-state index in [0.29, 0.717) is 30.0 Å². The van der Waals surface area contributed by atoms with Gasteiger partial charge in [-0.15, -0.1) is 0 Å². The summed E-state index contributed by atoms with van der Waals surface area (Å²) in [4.78, 5) is 11.6. The molecule has 1 heterocycles. The third kappa shape index (κ3) is 5.44. The number of hydrogen-bond donors (Lipinski definition) is 2. The average Bonchev–Trinajstić information content (AvgIpc) is 3.14. The quantitative estimate of drug-likeness (QED) is 0.743. The van der Waals surface area contributed by atoms with Gasteiger partial charge in [-0.05, 0) is 37.1 Å². The molecule has 3 N–H and O–H groups in total. The summed E-state index contributed by atoms with van der Waals surface area (Å²) in [5.41, 5.74) is 7.19. The Morgan fingerprint density at radius 2 is 1.90 bits per heavy atom. The zero-order valence-electron chi connectivity index (χ0n) is 16.8. The fourth-order valence-electron chi connectivity index (χ4n) is 2.98. The maximum Gasteiger partial charge on any atom is 0.270 e. The average molecular weight is 418 g/mol. The van der Waals surface area contributed by atoms with Gasteiger partial charge in [0.1, 0.15) is 22.3 Å². The van der Waals surface area contributed by atoms with Crippen LogP contribution in [-0.2, 0) is 9.67 Å². The predicted molar refractivity (Wildman–Crippen MR) is 117 cm³/mol. The van der Waals surface area contributed by atoms with E-state index in [-0.39, 0.29) is 5.82 Å². The molecule has 0 radical (unpaired) electrons. The molecule has 1 aliphatic heterocycles. The lowest BCUT2D eigenvalue weighted by atomic mass is 10.00. The second kappa shape index (κ2) is 11.1. The van der Waals surface area contributed by atoms with E-state index in [1.54, 1.807) is 12.1 Å². The van der Waals surface area contributed by atoms with Crippen LogP contribution in [0.1, 0.15) is 44.2 Å². The van der Waals surface area contributed by atoms with Gasteiger partial charge in [0.2, 0.25) is 0 Å². The Hall–Kier alpha value is -2.22. The summed E-state index contributed by atoms with van der Waals surface area (Å²) in [6, 6.07) is 15.6. The molecule has 0 aromatic heterocycles. The number of carbonyl (C=O) groups excluding carboxylic acids is 1. The van der Waals surface area contributed by atoms with Crippen LogP contribution >= 0.6 is 11.8 Å². The van der Waals surface area contributed by atoms with Crippen LogP contribution in [0.4, 0.5) is 4.39 Å². The minimum absolute atomic E-state index is 0.370. The molecule has 0 saturated carbocycles. The smallest absolute Gasteiger partial charge is 0.270 e. The lowest BCUT2D eigenvalue weighted by Crippen LogP contribution is -2.43. The van der Waals surface area contributed by atoms with Crippen molar-refractivity contribution in [1.29, 1.82) is 0 Å². The number of aliphatic hydroxyl groups is 1. The van der Waals surface area contributed by atoms with Crippen LogP contribution in [0.3, 0.4) is 0 Å². The number of hydrogen-bond acceptors (Lipinski definition) is 5. The van der Waals surface area contributed by atoms with Crippen LogP contribution < -0.4 is 5.73 Å². The maximum absolute atomic E-state index is 13.7. The topological polar surface area (TPSA) is 78.9 Å². The van der Waals surface area contributed by atoms with Crippen molar-refractivity contribution in [1.82, 2.24) is 5.01 Å². The first-order valence-electron chi connectivity index (χ1n) is 9.75. The first-order valence-corrected chi connectivity index (χ1v) is 10.6. The molecule has 1 atom stereocenters. The van der Waals surface area contributed by atoms with Gasteiger partial charge in [0.25, 0.3) is 5.91 Å². The summed E-state index contributed by atoms with van der Waals surface area (Å²) < 4.78 is 13.7. The van der Waals surface area contributed by atoms with Crippen molar-refractivity contribution in [3.8, 4) is 0 Å². The van der Waals surface area contributed by atoms with E-state index in [4.69, 9.17) is 5.73 Å². The fourth-order valence-corrected chi connectivity index (χ4v) is 4.40. The van der Waals surface area contributed by atoms with E-state index in [0.717, 1.165) is 5.56 Å². The van der Waals surface area contributed by atoms with Gasteiger partial charge in [-0.1, -0.05) is 74.5 Å². The van der Waals surface area contributed by atoms with Crippen molar-refractivity contribution >= 4 is 22.7 Å². The van der Waals surface area contributed by atoms with Crippen molar-refractivity contribution in [2.24, 2.45) is 10.8 Å².